The van der Waals surface area contributed by atoms with Gasteiger partial charge in [-0.25, -0.2) is 0 Å². The Morgan fingerprint density at radius 2 is 1.56 bits per heavy atom. The number of aliphatic hydroxyl groups excluding tert-OH is 1. The Balaban J connectivity index is 1.60. The van der Waals surface area contributed by atoms with Crippen LogP contribution < -0.4 is 4.74 Å². The Morgan fingerprint density at radius 3 is 2.12 bits per heavy atom. The quantitative estimate of drug-likeness (QED) is 0.861. The molecule has 2 aromatic carbocycles. The molecule has 1 atom stereocenters. The summed E-state index contributed by atoms with van der Waals surface area (Å²) in [5.74, 6) is 1.13. The lowest BCUT2D eigenvalue weighted by molar-refractivity contribution is 0.00299. The highest BCUT2D eigenvalue weighted by atomic mass is 16.5. The van der Waals surface area contributed by atoms with E-state index in [0.717, 1.165) is 31.4 Å². The Bertz CT molecular complexity index is 634. The number of nitrogens with zero attached hydrogens (tertiary/aromatic N) is 1. The normalized spacial score (nSPS) is 24.9. The molecule has 1 N–H and O–H groups in total. The summed E-state index contributed by atoms with van der Waals surface area (Å²) < 4.78 is 5.74. The second-order valence-electron chi connectivity index (χ2n) is 7.32. The van der Waals surface area contributed by atoms with Gasteiger partial charge in [0.05, 0.1) is 6.10 Å². The highest BCUT2D eigenvalue weighted by Gasteiger charge is 2.40. The standard InChI is InChI=1S/C22H29NO2/c1-23(2)22(19-9-5-3-6-10-19)15-13-18(14-16-22)21(24)17-25-20-11-7-4-8-12-20/h3-12,18,21,24H,13-17H2,1-2H3. The largest absolute Gasteiger partial charge is 0.491 e. The molecular weight excluding hydrogens is 310 g/mol. The van der Waals surface area contributed by atoms with Gasteiger partial charge in [0.2, 0.25) is 0 Å². The zero-order valence-electron chi connectivity index (χ0n) is 15.3. The van der Waals surface area contributed by atoms with Crippen LogP contribution >= 0.6 is 0 Å². The third-order valence-corrected chi connectivity index (χ3v) is 5.73. The molecule has 0 aromatic heterocycles. The van der Waals surface area contributed by atoms with E-state index in [1.165, 1.54) is 5.56 Å². The molecular formula is C22H29NO2. The fourth-order valence-electron chi connectivity index (χ4n) is 4.08. The van der Waals surface area contributed by atoms with Crippen molar-refractivity contribution in [3.05, 3.63) is 66.2 Å². The zero-order valence-corrected chi connectivity index (χ0v) is 15.3. The van der Waals surface area contributed by atoms with Crippen LogP contribution in [-0.4, -0.2) is 36.8 Å². The highest BCUT2D eigenvalue weighted by Crippen LogP contribution is 2.43. The fraction of sp³-hybridized carbons (Fsp3) is 0.455. The number of para-hydroxylation sites is 1. The third-order valence-electron chi connectivity index (χ3n) is 5.73. The van der Waals surface area contributed by atoms with Crippen LogP contribution in [-0.2, 0) is 5.54 Å². The minimum atomic E-state index is -0.406. The van der Waals surface area contributed by atoms with Crippen molar-refractivity contribution < 1.29 is 9.84 Å². The van der Waals surface area contributed by atoms with Gasteiger partial charge in [-0.1, -0.05) is 48.5 Å². The summed E-state index contributed by atoms with van der Waals surface area (Å²) >= 11 is 0. The van der Waals surface area contributed by atoms with Gasteiger partial charge >= 0.3 is 0 Å². The number of hydrogen-bond donors (Lipinski definition) is 1. The first-order chi connectivity index (χ1) is 12.1. The van der Waals surface area contributed by atoms with Crippen molar-refractivity contribution in [3.8, 4) is 5.75 Å². The molecule has 0 amide bonds. The molecule has 1 aliphatic carbocycles. The molecule has 1 unspecified atom stereocenters. The molecule has 25 heavy (non-hydrogen) atoms. The van der Waals surface area contributed by atoms with Gasteiger partial charge in [-0.3, -0.25) is 4.90 Å². The predicted molar refractivity (Wildman–Crippen MR) is 102 cm³/mol. The van der Waals surface area contributed by atoms with Crippen molar-refractivity contribution in [1.29, 1.82) is 0 Å². The van der Waals surface area contributed by atoms with E-state index >= 15 is 0 Å². The van der Waals surface area contributed by atoms with Crippen molar-refractivity contribution in [2.24, 2.45) is 5.92 Å². The van der Waals surface area contributed by atoms with Crippen LogP contribution in [0.15, 0.2) is 60.7 Å². The van der Waals surface area contributed by atoms with Gasteiger partial charge in [0.15, 0.2) is 0 Å². The van der Waals surface area contributed by atoms with Gasteiger partial charge < -0.3 is 9.84 Å². The summed E-state index contributed by atoms with van der Waals surface area (Å²) in [4.78, 5) is 2.35. The number of ether oxygens (including phenoxy) is 1. The monoisotopic (exact) mass is 339 g/mol. The molecule has 1 aliphatic rings. The Morgan fingerprint density at radius 1 is 1.00 bits per heavy atom. The van der Waals surface area contributed by atoms with E-state index in [-0.39, 0.29) is 5.54 Å². The average molecular weight is 339 g/mol. The van der Waals surface area contributed by atoms with Crippen LogP contribution in [0.5, 0.6) is 5.75 Å². The second-order valence-corrected chi connectivity index (χ2v) is 7.32. The van der Waals surface area contributed by atoms with E-state index in [0.29, 0.717) is 12.5 Å². The first-order valence-electron chi connectivity index (χ1n) is 9.21. The Kier molecular flexibility index (Phi) is 5.77. The molecule has 0 spiro atoms. The van der Waals surface area contributed by atoms with E-state index in [4.69, 9.17) is 4.74 Å². The number of benzene rings is 2. The van der Waals surface area contributed by atoms with Gasteiger partial charge in [0, 0.05) is 5.54 Å². The summed E-state index contributed by atoms with van der Waals surface area (Å²) in [5.41, 5.74) is 1.46. The SMILES string of the molecule is CN(C)C1(c2ccccc2)CCC(C(O)COc2ccccc2)CC1. The lowest BCUT2D eigenvalue weighted by atomic mass is 9.70. The van der Waals surface area contributed by atoms with Crippen molar-refractivity contribution in [1.82, 2.24) is 4.90 Å². The van der Waals surface area contributed by atoms with Crippen LogP contribution in [0.2, 0.25) is 0 Å². The van der Waals surface area contributed by atoms with E-state index in [1.807, 2.05) is 30.3 Å². The molecule has 0 aliphatic heterocycles. The molecule has 3 nitrogen and oxygen atoms in total. The van der Waals surface area contributed by atoms with Gasteiger partial charge in [-0.15, -0.1) is 0 Å². The summed E-state index contributed by atoms with van der Waals surface area (Å²) in [6.07, 6.45) is 3.77. The number of aliphatic hydroxyl groups is 1. The summed E-state index contributed by atoms with van der Waals surface area (Å²) in [5, 5.41) is 10.6. The first-order valence-corrected chi connectivity index (χ1v) is 9.21. The van der Waals surface area contributed by atoms with Crippen LogP contribution in [0.25, 0.3) is 0 Å². The molecule has 1 fully saturated rings. The maximum absolute atomic E-state index is 10.6. The predicted octanol–water partition coefficient (Wildman–Crippen LogP) is 4.07. The van der Waals surface area contributed by atoms with Crippen LogP contribution in [0.4, 0.5) is 0 Å². The van der Waals surface area contributed by atoms with Gasteiger partial charge in [0.25, 0.3) is 0 Å². The molecule has 2 aromatic rings. The lowest BCUT2D eigenvalue weighted by Crippen LogP contribution is -2.46. The van der Waals surface area contributed by atoms with Gasteiger partial charge in [0.1, 0.15) is 12.4 Å². The zero-order chi connectivity index (χ0) is 17.7. The molecule has 0 radical (unpaired) electrons. The van der Waals surface area contributed by atoms with Crippen LogP contribution in [0.3, 0.4) is 0 Å². The molecule has 0 heterocycles. The summed E-state index contributed by atoms with van der Waals surface area (Å²) in [7, 11) is 4.34. The highest BCUT2D eigenvalue weighted by molar-refractivity contribution is 5.25. The average Bonchev–Trinajstić information content (AvgIpc) is 2.67. The maximum atomic E-state index is 10.6. The van der Waals surface area contributed by atoms with Crippen molar-refractivity contribution in [2.75, 3.05) is 20.7 Å². The lowest BCUT2D eigenvalue weighted by Gasteiger charge is -2.46. The molecule has 1 saturated carbocycles. The molecule has 3 heteroatoms. The fourth-order valence-corrected chi connectivity index (χ4v) is 4.08. The smallest absolute Gasteiger partial charge is 0.119 e. The molecule has 0 bridgehead atoms. The van der Waals surface area contributed by atoms with Crippen molar-refractivity contribution >= 4 is 0 Å². The van der Waals surface area contributed by atoms with E-state index in [1.54, 1.807) is 0 Å². The van der Waals surface area contributed by atoms with E-state index in [2.05, 4.69) is 49.3 Å². The second kappa shape index (κ2) is 8.03. The van der Waals surface area contributed by atoms with Crippen molar-refractivity contribution in [3.63, 3.8) is 0 Å². The van der Waals surface area contributed by atoms with Gasteiger partial charge in [-0.2, -0.15) is 0 Å². The molecule has 134 valence electrons. The van der Waals surface area contributed by atoms with E-state index < -0.39 is 6.10 Å². The van der Waals surface area contributed by atoms with E-state index in [9.17, 15) is 5.11 Å². The number of rotatable bonds is 6. The topological polar surface area (TPSA) is 32.7 Å². The number of hydrogen-bond acceptors (Lipinski definition) is 3. The van der Waals surface area contributed by atoms with Crippen LogP contribution in [0.1, 0.15) is 31.2 Å². The minimum Gasteiger partial charge on any atom is -0.491 e. The Hall–Kier alpha value is -1.84. The van der Waals surface area contributed by atoms with Gasteiger partial charge in [-0.05, 0) is 63.4 Å². The summed E-state index contributed by atoms with van der Waals surface area (Å²) in [6, 6.07) is 20.5. The minimum absolute atomic E-state index is 0.0811. The maximum Gasteiger partial charge on any atom is 0.119 e. The molecule has 0 saturated heterocycles. The Labute approximate surface area is 151 Å². The third kappa shape index (κ3) is 4.05. The van der Waals surface area contributed by atoms with Crippen molar-refractivity contribution in [2.45, 2.75) is 37.3 Å². The summed E-state index contributed by atoms with van der Waals surface area (Å²) in [6.45, 7) is 0.370. The van der Waals surface area contributed by atoms with Crippen LogP contribution in [0, 0.1) is 5.92 Å². The first kappa shape index (κ1) is 18.0. The molecule has 3 rings (SSSR count).